The van der Waals surface area contributed by atoms with E-state index in [0.29, 0.717) is 19.8 Å². The van der Waals surface area contributed by atoms with Crippen molar-refractivity contribution in [1.29, 1.82) is 0 Å². The molecule has 2 aromatic carbocycles. The van der Waals surface area contributed by atoms with Gasteiger partial charge < -0.3 is 19.9 Å². The fourth-order valence-electron chi connectivity index (χ4n) is 2.23. The van der Waals surface area contributed by atoms with Gasteiger partial charge >= 0.3 is 0 Å². The summed E-state index contributed by atoms with van der Waals surface area (Å²) in [6.45, 7) is 5.46. The van der Waals surface area contributed by atoms with Crippen molar-refractivity contribution in [1.82, 2.24) is 0 Å². The van der Waals surface area contributed by atoms with E-state index in [1.54, 1.807) is 7.11 Å². The summed E-state index contributed by atoms with van der Waals surface area (Å²) >= 11 is 0. The van der Waals surface area contributed by atoms with Gasteiger partial charge in [-0.05, 0) is 31.5 Å². The third-order valence-electron chi connectivity index (χ3n) is 3.42. The first-order valence-corrected chi connectivity index (χ1v) is 7.34. The Morgan fingerprint density at radius 2 is 1.64 bits per heavy atom. The molecule has 0 aliphatic heterocycles. The van der Waals surface area contributed by atoms with E-state index < -0.39 is 0 Å². The van der Waals surface area contributed by atoms with Crippen LogP contribution in [0.25, 0.3) is 0 Å². The molecule has 2 rings (SSSR count). The fraction of sp³-hybridized carbons (Fsp3) is 0.333. The topological polar surface area (TPSA) is 53.7 Å². The Labute approximate surface area is 131 Å². The van der Waals surface area contributed by atoms with Crippen molar-refractivity contribution in [2.24, 2.45) is 5.73 Å². The molecule has 2 N–H and O–H groups in total. The number of hydrogen-bond donors (Lipinski definition) is 1. The molecule has 0 saturated carbocycles. The predicted octanol–water partition coefficient (Wildman–Crippen LogP) is 3.23. The number of hydrogen-bond acceptors (Lipinski definition) is 4. The van der Waals surface area contributed by atoms with Gasteiger partial charge in [-0.3, -0.25) is 0 Å². The van der Waals surface area contributed by atoms with Gasteiger partial charge in [-0.1, -0.05) is 23.8 Å². The minimum Gasteiger partial charge on any atom is -0.497 e. The van der Waals surface area contributed by atoms with E-state index in [1.165, 1.54) is 5.56 Å². The van der Waals surface area contributed by atoms with Crippen LogP contribution in [0.15, 0.2) is 36.4 Å². The number of methoxy groups -OCH3 is 1. The summed E-state index contributed by atoms with van der Waals surface area (Å²) in [5.41, 5.74) is 9.03. The quantitative estimate of drug-likeness (QED) is 0.798. The second-order valence-corrected chi connectivity index (χ2v) is 5.14. The van der Waals surface area contributed by atoms with E-state index in [1.807, 2.05) is 37.3 Å². The monoisotopic (exact) mass is 301 g/mol. The van der Waals surface area contributed by atoms with E-state index in [0.717, 1.165) is 28.4 Å². The molecule has 0 fully saturated rings. The van der Waals surface area contributed by atoms with Gasteiger partial charge in [0.2, 0.25) is 0 Å². The summed E-state index contributed by atoms with van der Waals surface area (Å²) in [5.74, 6) is 2.38. The second kappa shape index (κ2) is 7.71. The highest BCUT2D eigenvalue weighted by Gasteiger charge is 2.05. The van der Waals surface area contributed by atoms with E-state index in [4.69, 9.17) is 19.9 Å². The van der Waals surface area contributed by atoms with Gasteiger partial charge in [0, 0.05) is 18.2 Å². The van der Waals surface area contributed by atoms with Gasteiger partial charge in [0.05, 0.1) is 7.11 Å². The molecule has 22 heavy (non-hydrogen) atoms. The average molecular weight is 301 g/mol. The molecule has 4 heteroatoms. The highest BCUT2D eigenvalue weighted by molar-refractivity contribution is 5.40. The Hall–Kier alpha value is -2.20. The Bertz CT molecular complexity index is 626. The lowest BCUT2D eigenvalue weighted by Gasteiger charge is -2.13. The Morgan fingerprint density at radius 3 is 2.27 bits per heavy atom. The third-order valence-corrected chi connectivity index (χ3v) is 3.42. The maximum Gasteiger partial charge on any atom is 0.127 e. The molecule has 2 aromatic rings. The second-order valence-electron chi connectivity index (χ2n) is 5.14. The van der Waals surface area contributed by atoms with E-state index in [9.17, 15) is 0 Å². The minimum atomic E-state index is 0.428. The molecule has 0 amide bonds. The molecular formula is C18H23NO3. The molecule has 0 bridgehead atoms. The lowest BCUT2D eigenvalue weighted by Crippen LogP contribution is -2.11. The molecular weight excluding hydrogens is 278 g/mol. The number of nitrogens with two attached hydrogens (primary N) is 1. The zero-order valence-electron chi connectivity index (χ0n) is 13.4. The molecule has 118 valence electrons. The van der Waals surface area contributed by atoms with Crippen molar-refractivity contribution in [2.45, 2.75) is 20.4 Å². The maximum atomic E-state index is 5.77. The van der Waals surface area contributed by atoms with Crippen molar-refractivity contribution in [2.75, 3.05) is 20.3 Å². The van der Waals surface area contributed by atoms with E-state index in [-0.39, 0.29) is 0 Å². The highest BCUT2D eigenvalue weighted by atomic mass is 16.5. The molecule has 0 aliphatic rings. The van der Waals surface area contributed by atoms with Gasteiger partial charge in [0.1, 0.15) is 30.5 Å². The minimum absolute atomic E-state index is 0.428. The van der Waals surface area contributed by atoms with Crippen LogP contribution in [0, 0.1) is 13.8 Å². The van der Waals surface area contributed by atoms with Crippen LogP contribution in [0.3, 0.4) is 0 Å². The van der Waals surface area contributed by atoms with Crippen LogP contribution in [0.5, 0.6) is 17.2 Å². The molecule has 0 aromatic heterocycles. The highest BCUT2D eigenvalue weighted by Crippen LogP contribution is 2.24. The molecule has 0 radical (unpaired) electrons. The number of benzene rings is 2. The Balaban J connectivity index is 1.91. The normalized spacial score (nSPS) is 10.4. The molecule has 0 aliphatic carbocycles. The summed E-state index contributed by atoms with van der Waals surface area (Å²) in [7, 11) is 1.63. The van der Waals surface area contributed by atoms with Crippen LogP contribution in [-0.4, -0.2) is 20.3 Å². The smallest absolute Gasteiger partial charge is 0.127 e. The van der Waals surface area contributed by atoms with Crippen LogP contribution in [0.4, 0.5) is 0 Å². The van der Waals surface area contributed by atoms with Crippen molar-refractivity contribution in [3.05, 3.63) is 53.1 Å². The Kier molecular flexibility index (Phi) is 5.67. The molecule has 0 saturated heterocycles. The van der Waals surface area contributed by atoms with Gasteiger partial charge in [0.15, 0.2) is 0 Å². The van der Waals surface area contributed by atoms with Crippen LogP contribution in [-0.2, 0) is 6.54 Å². The van der Waals surface area contributed by atoms with Crippen molar-refractivity contribution >= 4 is 0 Å². The molecule has 0 spiro atoms. The zero-order valence-corrected chi connectivity index (χ0v) is 13.4. The summed E-state index contributed by atoms with van der Waals surface area (Å²) in [5, 5.41) is 0. The summed E-state index contributed by atoms with van der Waals surface area (Å²) in [4.78, 5) is 0. The largest absolute Gasteiger partial charge is 0.497 e. The van der Waals surface area contributed by atoms with Gasteiger partial charge in [-0.15, -0.1) is 0 Å². The van der Waals surface area contributed by atoms with Gasteiger partial charge in [-0.2, -0.15) is 0 Å². The number of rotatable bonds is 7. The van der Waals surface area contributed by atoms with Crippen LogP contribution < -0.4 is 19.9 Å². The van der Waals surface area contributed by atoms with Crippen LogP contribution >= 0.6 is 0 Å². The SMILES string of the molecule is COc1ccc(CN)c(OCCOc2ccc(C)cc2C)c1. The standard InChI is InChI=1S/C18H23NO3/c1-13-4-7-17(14(2)10-13)21-8-9-22-18-11-16(20-3)6-5-15(18)12-19/h4-7,10-11H,8-9,12,19H2,1-3H3. The van der Waals surface area contributed by atoms with Crippen LogP contribution in [0.1, 0.15) is 16.7 Å². The third kappa shape index (κ3) is 4.15. The summed E-state index contributed by atoms with van der Waals surface area (Å²) in [6, 6.07) is 11.8. The molecule has 0 heterocycles. The van der Waals surface area contributed by atoms with Crippen molar-refractivity contribution < 1.29 is 14.2 Å². The molecule has 4 nitrogen and oxygen atoms in total. The van der Waals surface area contributed by atoms with Crippen molar-refractivity contribution in [3.8, 4) is 17.2 Å². The van der Waals surface area contributed by atoms with E-state index >= 15 is 0 Å². The lowest BCUT2D eigenvalue weighted by atomic mass is 10.1. The maximum absolute atomic E-state index is 5.77. The summed E-state index contributed by atoms with van der Waals surface area (Å²) in [6.07, 6.45) is 0. The van der Waals surface area contributed by atoms with Gasteiger partial charge in [-0.25, -0.2) is 0 Å². The van der Waals surface area contributed by atoms with Crippen LogP contribution in [0.2, 0.25) is 0 Å². The van der Waals surface area contributed by atoms with E-state index in [2.05, 4.69) is 13.0 Å². The average Bonchev–Trinajstić information content (AvgIpc) is 2.53. The van der Waals surface area contributed by atoms with Crippen molar-refractivity contribution in [3.63, 3.8) is 0 Å². The number of ether oxygens (including phenoxy) is 3. The first-order valence-electron chi connectivity index (χ1n) is 7.34. The number of aryl methyl sites for hydroxylation is 2. The predicted molar refractivity (Wildman–Crippen MR) is 87.8 cm³/mol. The molecule has 0 unspecified atom stereocenters. The Morgan fingerprint density at radius 1 is 0.909 bits per heavy atom. The van der Waals surface area contributed by atoms with Gasteiger partial charge in [0.25, 0.3) is 0 Å². The fourth-order valence-corrected chi connectivity index (χ4v) is 2.23. The lowest BCUT2D eigenvalue weighted by molar-refractivity contribution is 0.214. The first-order chi connectivity index (χ1) is 10.6. The molecule has 0 atom stereocenters. The first kappa shape index (κ1) is 16.2. The zero-order chi connectivity index (χ0) is 15.9. The summed E-state index contributed by atoms with van der Waals surface area (Å²) < 4.78 is 16.7.